The van der Waals surface area contributed by atoms with Crippen molar-refractivity contribution in [3.05, 3.63) is 35.6 Å². The van der Waals surface area contributed by atoms with Gasteiger partial charge in [0.05, 0.1) is 12.0 Å². The van der Waals surface area contributed by atoms with Crippen LogP contribution in [0.4, 0.5) is 4.39 Å². The van der Waals surface area contributed by atoms with Crippen LogP contribution in [0.5, 0.6) is 0 Å². The van der Waals surface area contributed by atoms with Crippen LogP contribution in [0.25, 0.3) is 0 Å². The zero-order valence-corrected chi connectivity index (χ0v) is 11.8. The molecule has 19 heavy (non-hydrogen) atoms. The molecule has 0 saturated carbocycles. The standard InChI is InChI=1S/C15H23FN2O/c1-10(2)7-13(9-17)15(19)18-11(3)12-5-4-6-14(16)8-12/h4-6,8,10-11,13H,7,9,17H2,1-3H3,(H,18,19)/t11-,13?/m0/s1. The topological polar surface area (TPSA) is 55.1 Å². The summed E-state index contributed by atoms with van der Waals surface area (Å²) in [6.45, 7) is 6.30. The van der Waals surface area contributed by atoms with Crippen molar-refractivity contribution in [3.8, 4) is 0 Å². The van der Waals surface area contributed by atoms with E-state index in [1.54, 1.807) is 12.1 Å². The van der Waals surface area contributed by atoms with Gasteiger partial charge in [0.2, 0.25) is 5.91 Å². The SMILES string of the molecule is CC(C)CC(CN)C(=O)N[C@@H](C)c1cccc(F)c1. The summed E-state index contributed by atoms with van der Waals surface area (Å²) in [6, 6.07) is 6.05. The van der Waals surface area contributed by atoms with E-state index in [0.29, 0.717) is 12.5 Å². The maximum absolute atomic E-state index is 13.1. The molecule has 0 aromatic heterocycles. The average Bonchev–Trinajstić information content (AvgIpc) is 2.35. The highest BCUT2D eigenvalue weighted by Gasteiger charge is 2.20. The number of carbonyl (C=O) groups excluding carboxylic acids is 1. The minimum atomic E-state index is -0.295. The van der Waals surface area contributed by atoms with Gasteiger partial charge >= 0.3 is 0 Å². The van der Waals surface area contributed by atoms with Crippen molar-refractivity contribution in [1.29, 1.82) is 0 Å². The second kappa shape index (κ2) is 7.24. The smallest absolute Gasteiger partial charge is 0.224 e. The Bertz CT molecular complexity index is 420. The molecule has 0 aliphatic carbocycles. The van der Waals surface area contributed by atoms with Gasteiger partial charge in [0.15, 0.2) is 0 Å². The van der Waals surface area contributed by atoms with E-state index < -0.39 is 0 Å². The third-order valence-corrected chi connectivity index (χ3v) is 3.12. The molecule has 0 radical (unpaired) electrons. The molecule has 1 rings (SSSR count). The van der Waals surface area contributed by atoms with Gasteiger partial charge in [-0.2, -0.15) is 0 Å². The Balaban J connectivity index is 2.65. The van der Waals surface area contributed by atoms with E-state index in [0.717, 1.165) is 12.0 Å². The fraction of sp³-hybridized carbons (Fsp3) is 0.533. The molecule has 0 aliphatic rings. The van der Waals surface area contributed by atoms with Crippen LogP contribution >= 0.6 is 0 Å². The summed E-state index contributed by atoms with van der Waals surface area (Å²) in [7, 11) is 0. The first kappa shape index (κ1) is 15.6. The summed E-state index contributed by atoms with van der Waals surface area (Å²) in [5.74, 6) is -0.121. The summed E-state index contributed by atoms with van der Waals surface area (Å²) in [5.41, 5.74) is 6.40. The van der Waals surface area contributed by atoms with Crippen molar-refractivity contribution in [2.45, 2.75) is 33.2 Å². The lowest BCUT2D eigenvalue weighted by Crippen LogP contribution is -2.37. The molecule has 2 atom stereocenters. The number of amides is 1. The number of rotatable bonds is 6. The summed E-state index contributed by atoms with van der Waals surface area (Å²) < 4.78 is 13.1. The first-order valence-electron chi connectivity index (χ1n) is 6.70. The predicted molar refractivity (Wildman–Crippen MR) is 75.0 cm³/mol. The third-order valence-electron chi connectivity index (χ3n) is 3.12. The van der Waals surface area contributed by atoms with Gasteiger partial charge in [0, 0.05) is 6.54 Å². The Morgan fingerprint density at radius 3 is 2.58 bits per heavy atom. The number of benzene rings is 1. The molecular weight excluding hydrogens is 243 g/mol. The molecule has 1 aromatic rings. The lowest BCUT2D eigenvalue weighted by atomic mass is 9.96. The van der Waals surface area contributed by atoms with Gasteiger partial charge < -0.3 is 11.1 Å². The molecule has 4 heteroatoms. The summed E-state index contributed by atoms with van der Waals surface area (Å²) in [5, 5.41) is 2.89. The minimum Gasteiger partial charge on any atom is -0.349 e. The Morgan fingerprint density at radius 1 is 1.37 bits per heavy atom. The second-order valence-corrected chi connectivity index (χ2v) is 5.35. The normalized spacial score (nSPS) is 14.2. The van der Waals surface area contributed by atoms with E-state index in [4.69, 9.17) is 5.73 Å². The second-order valence-electron chi connectivity index (χ2n) is 5.35. The monoisotopic (exact) mass is 266 g/mol. The third kappa shape index (κ3) is 4.99. The molecule has 0 heterocycles. The van der Waals surface area contributed by atoms with Gasteiger partial charge in [-0.1, -0.05) is 26.0 Å². The highest BCUT2D eigenvalue weighted by Crippen LogP contribution is 2.16. The Labute approximate surface area is 114 Å². The Hall–Kier alpha value is -1.42. The number of hydrogen-bond donors (Lipinski definition) is 2. The summed E-state index contributed by atoms with van der Waals surface area (Å²) in [4.78, 5) is 12.1. The predicted octanol–water partition coefficient (Wildman–Crippen LogP) is 2.62. The van der Waals surface area contributed by atoms with E-state index in [-0.39, 0.29) is 23.7 Å². The molecule has 0 saturated heterocycles. The molecule has 1 aromatic carbocycles. The molecule has 106 valence electrons. The van der Waals surface area contributed by atoms with Crippen LogP contribution in [-0.2, 0) is 4.79 Å². The van der Waals surface area contributed by atoms with Crippen LogP contribution in [0.2, 0.25) is 0 Å². The van der Waals surface area contributed by atoms with E-state index in [1.165, 1.54) is 12.1 Å². The highest BCUT2D eigenvalue weighted by molar-refractivity contribution is 5.79. The van der Waals surface area contributed by atoms with Crippen molar-refractivity contribution in [2.24, 2.45) is 17.6 Å². The van der Waals surface area contributed by atoms with E-state index in [9.17, 15) is 9.18 Å². The number of nitrogens with two attached hydrogens (primary N) is 1. The van der Waals surface area contributed by atoms with Crippen molar-refractivity contribution in [2.75, 3.05) is 6.54 Å². The first-order chi connectivity index (χ1) is 8.93. The van der Waals surface area contributed by atoms with Gasteiger partial charge in [0.25, 0.3) is 0 Å². The minimum absolute atomic E-state index is 0.0621. The average molecular weight is 266 g/mol. The van der Waals surface area contributed by atoms with E-state index in [2.05, 4.69) is 19.2 Å². The molecule has 1 unspecified atom stereocenters. The molecule has 0 aliphatic heterocycles. The van der Waals surface area contributed by atoms with Crippen LogP contribution in [0.3, 0.4) is 0 Å². The first-order valence-corrected chi connectivity index (χ1v) is 6.70. The number of halogens is 1. The molecular formula is C15H23FN2O. The Morgan fingerprint density at radius 2 is 2.05 bits per heavy atom. The van der Waals surface area contributed by atoms with Gasteiger partial charge in [-0.3, -0.25) is 4.79 Å². The highest BCUT2D eigenvalue weighted by atomic mass is 19.1. The summed E-state index contributed by atoms with van der Waals surface area (Å²) in [6.07, 6.45) is 0.762. The zero-order chi connectivity index (χ0) is 14.4. The zero-order valence-electron chi connectivity index (χ0n) is 11.8. The van der Waals surface area contributed by atoms with Gasteiger partial charge in [0.1, 0.15) is 5.82 Å². The van der Waals surface area contributed by atoms with Crippen molar-refractivity contribution in [1.82, 2.24) is 5.32 Å². The van der Waals surface area contributed by atoms with Crippen LogP contribution in [0, 0.1) is 17.7 Å². The van der Waals surface area contributed by atoms with Crippen molar-refractivity contribution >= 4 is 5.91 Å². The van der Waals surface area contributed by atoms with Crippen LogP contribution in [0.1, 0.15) is 38.8 Å². The maximum Gasteiger partial charge on any atom is 0.224 e. The van der Waals surface area contributed by atoms with Crippen molar-refractivity contribution in [3.63, 3.8) is 0 Å². The van der Waals surface area contributed by atoms with Crippen LogP contribution in [-0.4, -0.2) is 12.5 Å². The fourth-order valence-electron chi connectivity index (χ4n) is 2.07. The fourth-order valence-corrected chi connectivity index (χ4v) is 2.07. The van der Waals surface area contributed by atoms with Gasteiger partial charge in [-0.25, -0.2) is 4.39 Å². The molecule has 0 fully saturated rings. The van der Waals surface area contributed by atoms with Gasteiger partial charge in [-0.05, 0) is 37.0 Å². The number of hydrogen-bond acceptors (Lipinski definition) is 2. The molecule has 3 N–H and O–H groups in total. The number of nitrogens with one attached hydrogen (secondary N) is 1. The summed E-state index contributed by atoms with van der Waals surface area (Å²) >= 11 is 0. The Kier molecular flexibility index (Phi) is 5.96. The lowest BCUT2D eigenvalue weighted by Gasteiger charge is -2.20. The quantitative estimate of drug-likeness (QED) is 0.831. The lowest BCUT2D eigenvalue weighted by molar-refractivity contribution is -0.125. The molecule has 0 bridgehead atoms. The molecule has 3 nitrogen and oxygen atoms in total. The maximum atomic E-state index is 13.1. The van der Waals surface area contributed by atoms with Crippen LogP contribution in [0.15, 0.2) is 24.3 Å². The largest absolute Gasteiger partial charge is 0.349 e. The molecule has 1 amide bonds. The van der Waals surface area contributed by atoms with Crippen LogP contribution < -0.4 is 11.1 Å². The van der Waals surface area contributed by atoms with E-state index >= 15 is 0 Å². The number of carbonyl (C=O) groups is 1. The molecule has 0 spiro atoms. The van der Waals surface area contributed by atoms with Gasteiger partial charge in [-0.15, -0.1) is 0 Å². The van der Waals surface area contributed by atoms with E-state index in [1.807, 2.05) is 6.92 Å². The van der Waals surface area contributed by atoms with Crippen molar-refractivity contribution < 1.29 is 9.18 Å².